The number of aromatic hydroxyl groups is 1. The summed E-state index contributed by atoms with van der Waals surface area (Å²) in [6.45, 7) is 3.81. The number of aromatic nitrogens is 3. The average Bonchev–Trinajstić information content (AvgIpc) is 2.97. The van der Waals surface area contributed by atoms with Crippen molar-refractivity contribution >= 4 is 15.7 Å². The van der Waals surface area contributed by atoms with Crippen molar-refractivity contribution in [3.8, 4) is 23.1 Å². The van der Waals surface area contributed by atoms with Crippen LogP contribution in [0.3, 0.4) is 0 Å². The zero-order chi connectivity index (χ0) is 29.7. The first kappa shape index (κ1) is 29.2. The smallest absolute Gasteiger partial charge is 0.277 e. The van der Waals surface area contributed by atoms with E-state index in [1.165, 1.54) is 35.0 Å². The second-order valence-electron chi connectivity index (χ2n) is 9.41. The molecule has 0 saturated carbocycles. The number of nitrogens with two attached hydrogens (primary N) is 1. The molecule has 0 radical (unpaired) electrons. The Morgan fingerprint density at radius 2 is 1.85 bits per heavy atom. The van der Waals surface area contributed by atoms with Gasteiger partial charge in [-0.25, -0.2) is 8.42 Å². The SMILES string of the molecule is CCCCc1nc(O)c(S(=O)(=O)c2ccc(-c3cccnc3C(N)=O)cc2)c(=O)n1C(CC)c1cccc(C#N)c1. The Bertz CT molecular complexity index is 1810. The number of hydrogen-bond donors (Lipinski definition) is 2. The van der Waals surface area contributed by atoms with Crippen LogP contribution in [0.4, 0.5) is 0 Å². The predicted molar refractivity (Wildman–Crippen MR) is 152 cm³/mol. The number of primary amides is 1. The molecule has 4 aromatic rings. The summed E-state index contributed by atoms with van der Waals surface area (Å²) in [5.74, 6) is -1.35. The van der Waals surface area contributed by atoms with Crippen LogP contribution in [-0.4, -0.2) is 34.0 Å². The zero-order valence-corrected chi connectivity index (χ0v) is 23.4. The zero-order valence-electron chi connectivity index (χ0n) is 22.6. The van der Waals surface area contributed by atoms with Gasteiger partial charge in [-0.2, -0.15) is 10.2 Å². The highest BCUT2D eigenvalue weighted by Gasteiger charge is 2.31. The fraction of sp³-hybridized carbons (Fsp3) is 0.233. The molecule has 41 heavy (non-hydrogen) atoms. The van der Waals surface area contributed by atoms with Crippen molar-refractivity contribution in [3.05, 3.63) is 99.9 Å². The lowest BCUT2D eigenvalue weighted by atomic mass is 10.0. The lowest BCUT2D eigenvalue weighted by Crippen LogP contribution is -2.33. The van der Waals surface area contributed by atoms with Gasteiger partial charge >= 0.3 is 0 Å². The highest BCUT2D eigenvalue weighted by atomic mass is 32.2. The summed E-state index contributed by atoms with van der Waals surface area (Å²) in [5, 5.41) is 20.2. The summed E-state index contributed by atoms with van der Waals surface area (Å²) in [4.78, 5) is 32.9. The lowest BCUT2D eigenvalue weighted by Gasteiger charge is -2.23. The molecule has 0 aliphatic carbocycles. The number of carbonyl (C=O) groups excluding carboxylic acids is 1. The van der Waals surface area contributed by atoms with Gasteiger partial charge in [0.2, 0.25) is 15.7 Å². The van der Waals surface area contributed by atoms with E-state index in [-0.39, 0.29) is 16.4 Å². The minimum absolute atomic E-state index is 0.0292. The molecule has 3 N–H and O–H groups in total. The molecule has 0 spiro atoms. The lowest BCUT2D eigenvalue weighted by molar-refractivity contribution is 0.0996. The fourth-order valence-electron chi connectivity index (χ4n) is 4.77. The van der Waals surface area contributed by atoms with E-state index in [2.05, 4.69) is 16.0 Å². The standard InChI is InChI=1S/C30H29N5O5S/c1-3-5-11-25-34-29(37)27(30(38)35(25)24(4-2)21-9-6-8-19(17-21)18-31)41(39,40)22-14-12-20(13-15-22)23-10-7-16-33-26(23)28(32)36/h6-10,12-17,24,37H,3-5,11H2,1-2H3,(H2,32,36). The minimum atomic E-state index is -4.53. The van der Waals surface area contributed by atoms with Crippen molar-refractivity contribution < 1.29 is 18.3 Å². The Morgan fingerprint density at radius 3 is 2.49 bits per heavy atom. The van der Waals surface area contributed by atoms with E-state index in [4.69, 9.17) is 5.73 Å². The normalized spacial score (nSPS) is 12.0. The summed E-state index contributed by atoms with van der Waals surface area (Å²) >= 11 is 0. The molecule has 2 heterocycles. The number of sulfone groups is 1. The molecule has 4 rings (SSSR count). The molecule has 0 bridgehead atoms. The summed E-state index contributed by atoms with van der Waals surface area (Å²) in [5.41, 5.74) is 6.51. The van der Waals surface area contributed by atoms with Crippen LogP contribution in [0.5, 0.6) is 5.88 Å². The topological polar surface area (TPSA) is 169 Å². The number of carbonyl (C=O) groups is 1. The largest absolute Gasteiger partial charge is 0.492 e. The van der Waals surface area contributed by atoms with Gasteiger partial charge < -0.3 is 10.8 Å². The van der Waals surface area contributed by atoms with E-state index in [0.717, 1.165) is 6.42 Å². The van der Waals surface area contributed by atoms with Gasteiger partial charge in [-0.1, -0.05) is 50.6 Å². The first-order valence-electron chi connectivity index (χ1n) is 13.1. The number of aryl methyl sites for hydroxylation is 1. The number of hydrogen-bond acceptors (Lipinski definition) is 8. The van der Waals surface area contributed by atoms with Crippen molar-refractivity contribution in [2.24, 2.45) is 5.73 Å². The van der Waals surface area contributed by atoms with Gasteiger partial charge in [-0.05, 0) is 54.3 Å². The molecular weight excluding hydrogens is 542 g/mol. The van der Waals surface area contributed by atoms with Crippen molar-refractivity contribution in [2.45, 2.75) is 55.4 Å². The number of unbranched alkanes of at least 4 members (excludes halogenated alkanes) is 1. The summed E-state index contributed by atoms with van der Waals surface area (Å²) in [6.07, 6.45) is 3.62. The van der Waals surface area contributed by atoms with Crippen LogP contribution in [0.15, 0.2) is 81.4 Å². The van der Waals surface area contributed by atoms with Gasteiger partial charge in [0.1, 0.15) is 11.5 Å². The van der Waals surface area contributed by atoms with Gasteiger partial charge in [0, 0.05) is 18.2 Å². The van der Waals surface area contributed by atoms with Crippen molar-refractivity contribution in [3.63, 3.8) is 0 Å². The third-order valence-electron chi connectivity index (χ3n) is 6.77. The number of benzene rings is 2. The molecule has 0 aliphatic heterocycles. The third-order valence-corrected chi connectivity index (χ3v) is 8.55. The molecule has 10 nitrogen and oxygen atoms in total. The van der Waals surface area contributed by atoms with Gasteiger partial charge in [-0.3, -0.25) is 19.1 Å². The number of nitriles is 1. The predicted octanol–water partition coefficient (Wildman–Crippen LogP) is 4.16. The maximum absolute atomic E-state index is 14.0. The minimum Gasteiger partial charge on any atom is -0.492 e. The first-order valence-corrected chi connectivity index (χ1v) is 14.6. The van der Waals surface area contributed by atoms with Gasteiger partial charge in [0.15, 0.2) is 4.90 Å². The molecule has 2 aromatic carbocycles. The molecule has 1 amide bonds. The maximum atomic E-state index is 14.0. The van der Waals surface area contributed by atoms with Crippen LogP contribution in [0.25, 0.3) is 11.1 Å². The van der Waals surface area contributed by atoms with Gasteiger partial charge in [0.25, 0.3) is 11.5 Å². The molecule has 1 unspecified atom stereocenters. The van der Waals surface area contributed by atoms with Crippen molar-refractivity contribution in [1.29, 1.82) is 5.26 Å². The van der Waals surface area contributed by atoms with E-state index in [1.807, 2.05) is 13.8 Å². The Hall–Kier alpha value is -4.82. The van der Waals surface area contributed by atoms with E-state index < -0.39 is 38.1 Å². The Labute approximate surface area is 237 Å². The summed E-state index contributed by atoms with van der Waals surface area (Å²) in [6, 6.07) is 17.0. The fourth-order valence-corrected chi connectivity index (χ4v) is 6.11. The van der Waals surface area contributed by atoms with Gasteiger partial charge in [-0.15, -0.1) is 0 Å². The van der Waals surface area contributed by atoms with Crippen LogP contribution in [0, 0.1) is 11.3 Å². The van der Waals surface area contributed by atoms with Crippen LogP contribution >= 0.6 is 0 Å². The third kappa shape index (κ3) is 5.73. The summed E-state index contributed by atoms with van der Waals surface area (Å²) < 4.78 is 28.9. The van der Waals surface area contributed by atoms with E-state index in [9.17, 15) is 28.4 Å². The monoisotopic (exact) mass is 571 g/mol. The Balaban J connectivity index is 1.87. The molecular formula is C30H29N5O5S. The van der Waals surface area contributed by atoms with Crippen LogP contribution < -0.4 is 11.3 Å². The number of rotatable bonds is 10. The molecule has 1 atom stereocenters. The van der Waals surface area contributed by atoms with Crippen LogP contribution in [0.2, 0.25) is 0 Å². The average molecular weight is 572 g/mol. The Morgan fingerprint density at radius 1 is 1.12 bits per heavy atom. The number of nitrogens with zero attached hydrogens (tertiary/aromatic N) is 4. The quantitative estimate of drug-likeness (QED) is 0.286. The van der Waals surface area contributed by atoms with E-state index in [0.29, 0.717) is 41.5 Å². The molecule has 2 aromatic heterocycles. The maximum Gasteiger partial charge on any atom is 0.277 e. The second kappa shape index (κ2) is 12.1. The number of pyridine rings is 1. The van der Waals surface area contributed by atoms with Crippen LogP contribution in [-0.2, 0) is 16.3 Å². The van der Waals surface area contributed by atoms with E-state index in [1.54, 1.807) is 36.4 Å². The Kier molecular flexibility index (Phi) is 8.64. The molecule has 0 aliphatic rings. The van der Waals surface area contributed by atoms with E-state index >= 15 is 0 Å². The summed E-state index contributed by atoms with van der Waals surface area (Å²) in [7, 11) is -4.53. The highest BCUT2D eigenvalue weighted by molar-refractivity contribution is 7.91. The molecule has 0 fully saturated rings. The van der Waals surface area contributed by atoms with Crippen molar-refractivity contribution in [2.75, 3.05) is 0 Å². The molecule has 0 saturated heterocycles. The first-order chi connectivity index (χ1) is 19.6. The number of amides is 1. The molecule has 210 valence electrons. The van der Waals surface area contributed by atoms with Crippen LogP contribution in [0.1, 0.15) is 66.6 Å². The second-order valence-corrected chi connectivity index (χ2v) is 11.3. The van der Waals surface area contributed by atoms with Gasteiger partial charge in [0.05, 0.1) is 22.6 Å². The molecule has 11 heteroatoms. The van der Waals surface area contributed by atoms with Crippen molar-refractivity contribution in [1.82, 2.24) is 14.5 Å². The highest BCUT2D eigenvalue weighted by Crippen LogP contribution is 2.30.